The first-order chi connectivity index (χ1) is 6.18. The van der Waals surface area contributed by atoms with Crippen LogP contribution in [0.1, 0.15) is 26.2 Å². The van der Waals surface area contributed by atoms with E-state index in [9.17, 15) is 4.79 Å². The maximum absolute atomic E-state index is 10.9. The van der Waals surface area contributed by atoms with Crippen molar-refractivity contribution in [1.29, 1.82) is 0 Å². The Morgan fingerprint density at radius 1 is 1.62 bits per heavy atom. The number of aromatic nitrogens is 2. The van der Waals surface area contributed by atoms with Crippen molar-refractivity contribution in [2.75, 3.05) is 5.32 Å². The summed E-state index contributed by atoms with van der Waals surface area (Å²) < 4.78 is 0. The molecule has 0 aliphatic heterocycles. The SMILES string of the molecule is CC1(Nc2cc(=O)[nH]cn2)CCC1. The van der Waals surface area contributed by atoms with E-state index >= 15 is 0 Å². The topological polar surface area (TPSA) is 57.8 Å². The molecule has 0 unspecified atom stereocenters. The molecule has 1 aromatic heterocycles. The van der Waals surface area contributed by atoms with Crippen LogP contribution < -0.4 is 10.9 Å². The molecule has 0 spiro atoms. The van der Waals surface area contributed by atoms with Gasteiger partial charge in [-0.25, -0.2) is 4.98 Å². The smallest absolute Gasteiger partial charge is 0.252 e. The predicted molar refractivity (Wildman–Crippen MR) is 50.7 cm³/mol. The zero-order valence-corrected chi connectivity index (χ0v) is 7.63. The van der Waals surface area contributed by atoms with Crippen molar-refractivity contribution in [3.8, 4) is 0 Å². The monoisotopic (exact) mass is 179 g/mol. The fraction of sp³-hybridized carbons (Fsp3) is 0.556. The summed E-state index contributed by atoms with van der Waals surface area (Å²) in [5.74, 6) is 0.672. The van der Waals surface area contributed by atoms with Gasteiger partial charge in [-0.15, -0.1) is 0 Å². The lowest BCUT2D eigenvalue weighted by Crippen LogP contribution is -2.42. The summed E-state index contributed by atoms with van der Waals surface area (Å²) in [6.07, 6.45) is 4.99. The molecule has 0 amide bonds. The molecule has 0 saturated heterocycles. The molecule has 70 valence electrons. The van der Waals surface area contributed by atoms with Gasteiger partial charge in [-0.2, -0.15) is 0 Å². The van der Waals surface area contributed by atoms with Gasteiger partial charge in [-0.05, 0) is 26.2 Å². The highest BCUT2D eigenvalue weighted by molar-refractivity contribution is 5.36. The molecule has 1 fully saturated rings. The third kappa shape index (κ3) is 1.71. The van der Waals surface area contributed by atoms with Gasteiger partial charge in [-0.1, -0.05) is 0 Å². The molecule has 1 saturated carbocycles. The van der Waals surface area contributed by atoms with Crippen LogP contribution in [0, 0.1) is 0 Å². The van der Waals surface area contributed by atoms with Gasteiger partial charge in [0.1, 0.15) is 5.82 Å². The van der Waals surface area contributed by atoms with Crippen molar-refractivity contribution in [3.63, 3.8) is 0 Å². The van der Waals surface area contributed by atoms with E-state index in [1.165, 1.54) is 18.8 Å². The molecule has 0 bridgehead atoms. The summed E-state index contributed by atoms with van der Waals surface area (Å²) in [5, 5.41) is 3.26. The molecule has 2 N–H and O–H groups in total. The quantitative estimate of drug-likeness (QED) is 0.715. The lowest BCUT2D eigenvalue weighted by Gasteiger charge is -2.39. The Kier molecular flexibility index (Phi) is 1.83. The molecule has 1 aromatic rings. The molecule has 13 heavy (non-hydrogen) atoms. The Hall–Kier alpha value is -1.32. The van der Waals surface area contributed by atoms with Gasteiger partial charge in [0.2, 0.25) is 0 Å². The van der Waals surface area contributed by atoms with Gasteiger partial charge in [-0.3, -0.25) is 4.79 Å². The fourth-order valence-electron chi connectivity index (χ4n) is 1.58. The van der Waals surface area contributed by atoms with E-state index in [0.29, 0.717) is 5.82 Å². The summed E-state index contributed by atoms with van der Waals surface area (Å²) in [6.45, 7) is 2.15. The summed E-state index contributed by atoms with van der Waals surface area (Å²) in [5.41, 5.74) is 0.0428. The van der Waals surface area contributed by atoms with Crippen LogP contribution in [0.15, 0.2) is 17.2 Å². The molecule has 4 nitrogen and oxygen atoms in total. The number of H-pyrrole nitrogens is 1. The number of rotatable bonds is 2. The first-order valence-corrected chi connectivity index (χ1v) is 4.51. The van der Waals surface area contributed by atoms with Crippen LogP contribution in [0.4, 0.5) is 5.82 Å². The summed E-state index contributed by atoms with van der Waals surface area (Å²) in [7, 11) is 0. The first-order valence-electron chi connectivity index (χ1n) is 4.51. The molecule has 1 aliphatic rings. The third-order valence-corrected chi connectivity index (χ3v) is 2.57. The first kappa shape index (κ1) is 8.29. The zero-order chi connectivity index (χ0) is 9.31. The van der Waals surface area contributed by atoms with Crippen molar-refractivity contribution in [2.24, 2.45) is 0 Å². The summed E-state index contributed by atoms with van der Waals surface area (Å²) in [4.78, 5) is 17.5. The van der Waals surface area contributed by atoms with E-state index in [1.54, 1.807) is 0 Å². The molecule has 0 atom stereocenters. The van der Waals surface area contributed by atoms with Crippen molar-refractivity contribution in [3.05, 3.63) is 22.7 Å². The predicted octanol–water partition coefficient (Wildman–Crippen LogP) is 1.12. The second-order valence-corrected chi connectivity index (χ2v) is 3.84. The number of hydrogen-bond donors (Lipinski definition) is 2. The highest BCUT2D eigenvalue weighted by Gasteiger charge is 2.31. The van der Waals surface area contributed by atoms with Crippen LogP contribution in [-0.4, -0.2) is 15.5 Å². The largest absolute Gasteiger partial charge is 0.365 e. The summed E-state index contributed by atoms with van der Waals surface area (Å²) in [6, 6.07) is 1.49. The average Bonchev–Trinajstić information content (AvgIpc) is 2.01. The third-order valence-electron chi connectivity index (χ3n) is 2.57. The number of nitrogens with one attached hydrogen (secondary N) is 2. The van der Waals surface area contributed by atoms with Crippen molar-refractivity contribution in [1.82, 2.24) is 9.97 Å². The Morgan fingerprint density at radius 3 is 2.92 bits per heavy atom. The minimum atomic E-state index is -0.111. The molecular formula is C9H13N3O. The van der Waals surface area contributed by atoms with Crippen LogP contribution in [0.2, 0.25) is 0 Å². The van der Waals surface area contributed by atoms with Crippen LogP contribution in [-0.2, 0) is 0 Å². The standard InChI is InChI=1S/C9H13N3O/c1-9(3-2-4-9)12-7-5-8(13)11-6-10-7/h5-6H,2-4H2,1H3,(H2,10,11,12,13). The number of hydrogen-bond acceptors (Lipinski definition) is 3. The van der Waals surface area contributed by atoms with Crippen molar-refractivity contribution in [2.45, 2.75) is 31.7 Å². The van der Waals surface area contributed by atoms with E-state index in [2.05, 4.69) is 22.2 Å². The highest BCUT2D eigenvalue weighted by atomic mass is 16.1. The molecule has 0 radical (unpaired) electrons. The van der Waals surface area contributed by atoms with Crippen LogP contribution in [0.3, 0.4) is 0 Å². The molecular weight excluding hydrogens is 166 g/mol. The maximum Gasteiger partial charge on any atom is 0.252 e. The molecule has 0 aromatic carbocycles. The number of aromatic amines is 1. The Bertz CT molecular complexity index is 354. The van der Waals surface area contributed by atoms with E-state index in [0.717, 1.165) is 12.8 Å². The molecule has 4 heteroatoms. The van der Waals surface area contributed by atoms with Gasteiger partial charge in [0.15, 0.2) is 0 Å². The minimum Gasteiger partial charge on any atom is -0.365 e. The van der Waals surface area contributed by atoms with Gasteiger partial charge in [0.05, 0.1) is 6.33 Å². The zero-order valence-electron chi connectivity index (χ0n) is 7.63. The van der Waals surface area contributed by atoms with E-state index in [1.807, 2.05) is 0 Å². The van der Waals surface area contributed by atoms with Gasteiger partial charge < -0.3 is 10.3 Å². The van der Waals surface area contributed by atoms with E-state index < -0.39 is 0 Å². The lowest BCUT2D eigenvalue weighted by atomic mass is 9.78. The van der Waals surface area contributed by atoms with E-state index in [-0.39, 0.29) is 11.1 Å². The van der Waals surface area contributed by atoms with Crippen molar-refractivity contribution < 1.29 is 0 Å². The van der Waals surface area contributed by atoms with Gasteiger partial charge in [0.25, 0.3) is 5.56 Å². The fourth-order valence-corrected chi connectivity index (χ4v) is 1.58. The van der Waals surface area contributed by atoms with Crippen LogP contribution in [0.5, 0.6) is 0 Å². The average molecular weight is 179 g/mol. The van der Waals surface area contributed by atoms with Crippen molar-refractivity contribution >= 4 is 5.82 Å². The summed E-state index contributed by atoms with van der Waals surface area (Å²) >= 11 is 0. The lowest BCUT2D eigenvalue weighted by molar-refractivity contribution is 0.305. The number of nitrogens with zero attached hydrogens (tertiary/aromatic N) is 1. The minimum absolute atomic E-state index is 0.111. The molecule has 1 aliphatic carbocycles. The van der Waals surface area contributed by atoms with Gasteiger partial charge >= 0.3 is 0 Å². The molecule has 1 heterocycles. The normalized spacial score (nSPS) is 19.2. The number of anilines is 1. The molecule has 2 rings (SSSR count). The Morgan fingerprint density at radius 2 is 2.38 bits per heavy atom. The second-order valence-electron chi connectivity index (χ2n) is 3.84. The Balaban J connectivity index is 2.13. The maximum atomic E-state index is 10.9. The van der Waals surface area contributed by atoms with Gasteiger partial charge in [0, 0.05) is 11.6 Å². The highest BCUT2D eigenvalue weighted by Crippen LogP contribution is 2.33. The second kappa shape index (κ2) is 2.87. The van der Waals surface area contributed by atoms with E-state index in [4.69, 9.17) is 0 Å². The van der Waals surface area contributed by atoms with Crippen LogP contribution >= 0.6 is 0 Å². The van der Waals surface area contributed by atoms with Crippen LogP contribution in [0.25, 0.3) is 0 Å². The Labute approximate surface area is 76.4 Å².